The SMILES string of the molecule is N#Cc1ccccc1NCC(=O)Nc1ccc(Cl)cc1. The van der Waals surface area contributed by atoms with Gasteiger partial charge in [-0.1, -0.05) is 23.7 Å². The Morgan fingerprint density at radius 1 is 1.15 bits per heavy atom. The molecule has 0 unspecified atom stereocenters. The van der Waals surface area contributed by atoms with Crippen LogP contribution in [0.15, 0.2) is 48.5 Å². The first-order valence-corrected chi connectivity index (χ1v) is 6.35. The molecule has 0 aliphatic rings. The Morgan fingerprint density at radius 2 is 1.85 bits per heavy atom. The zero-order valence-electron chi connectivity index (χ0n) is 10.6. The van der Waals surface area contributed by atoms with Crippen LogP contribution < -0.4 is 10.6 Å². The van der Waals surface area contributed by atoms with E-state index in [1.807, 2.05) is 0 Å². The summed E-state index contributed by atoms with van der Waals surface area (Å²) in [6, 6.07) is 16.0. The van der Waals surface area contributed by atoms with Crippen LogP contribution in [0.5, 0.6) is 0 Å². The van der Waals surface area contributed by atoms with E-state index in [9.17, 15) is 4.79 Å². The van der Waals surface area contributed by atoms with Crippen LogP contribution in [0.25, 0.3) is 0 Å². The van der Waals surface area contributed by atoms with Gasteiger partial charge in [-0.05, 0) is 36.4 Å². The molecule has 4 nitrogen and oxygen atoms in total. The van der Waals surface area contributed by atoms with Crippen LogP contribution in [0.1, 0.15) is 5.56 Å². The predicted molar refractivity (Wildman–Crippen MR) is 79.7 cm³/mol. The maximum atomic E-state index is 11.8. The third-order valence-electron chi connectivity index (χ3n) is 2.61. The molecule has 2 aromatic carbocycles. The molecule has 0 aliphatic heterocycles. The minimum Gasteiger partial charge on any atom is -0.375 e. The molecular formula is C15H12ClN3O. The van der Waals surface area contributed by atoms with Gasteiger partial charge in [-0.3, -0.25) is 4.79 Å². The van der Waals surface area contributed by atoms with Crippen molar-refractivity contribution in [3.63, 3.8) is 0 Å². The summed E-state index contributed by atoms with van der Waals surface area (Å²) < 4.78 is 0. The van der Waals surface area contributed by atoms with Crippen LogP contribution in [0.4, 0.5) is 11.4 Å². The van der Waals surface area contributed by atoms with Gasteiger partial charge < -0.3 is 10.6 Å². The number of nitriles is 1. The third-order valence-corrected chi connectivity index (χ3v) is 2.87. The molecule has 0 saturated heterocycles. The highest BCUT2D eigenvalue weighted by molar-refractivity contribution is 6.30. The second-order valence-corrected chi connectivity index (χ2v) is 4.50. The second kappa shape index (κ2) is 6.60. The first-order valence-electron chi connectivity index (χ1n) is 5.97. The Kier molecular flexibility index (Phi) is 4.59. The number of benzene rings is 2. The summed E-state index contributed by atoms with van der Waals surface area (Å²) >= 11 is 5.77. The van der Waals surface area contributed by atoms with Crippen molar-refractivity contribution in [2.75, 3.05) is 17.2 Å². The Bertz CT molecular complexity index is 647. The molecule has 20 heavy (non-hydrogen) atoms. The lowest BCUT2D eigenvalue weighted by molar-refractivity contribution is -0.114. The lowest BCUT2D eigenvalue weighted by atomic mass is 10.2. The first-order chi connectivity index (χ1) is 9.69. The standard InChI is InChI=1S/C15H12ClN3O/c16-12-5-7-13(8-6-12)19-15(20)10-18-14-4-2-1-3-11(14)9-17/h1-8,18H,10H2,(H,19,20). The Morgan fingerprint density at radius 3 is 2.55 bits per heavy atom. The minimum atomic E-state index is -0.194. The summed E-state index contributed by atoms with van der Waals surface area (Å²) in [7, 11) is 0. The van der Waals surface area contributed by atoms with E-state index < -0.39 is 0 Å². The van der Waals surface area contributed by atoms with Crippen LogP contribution in [-0.4, -0.2) is 12.5 Å². The zero-order valence-corrected chi connectivity index (χ0v) is 11.3. The molecule has 0 bridgehead atoms. The van der Waals surface area contributed by atoms with E-state index in [1.54, 1.807) is 48.5 Å². The summed E-state index contributed by atoms with van der Waals surface area (Å²) in [6.07, 6.45) is 0. The smallest absolute Gasteiger partial charge is 0.243 e. The van der Waals surface area contributed by atoms with Gasteiger partial charge in [0.05, 0.1) is 17.8 Å². The predicted octanol–water partition coefficient (Wildman–Crippen LogP) is 3.26. The molecule has 0 atom stereocenters. The molecule has 0 saturated carbocycles. The van der Waals surface area contributed by atoms with Crippen molar-refractivity contribution in [3.05, 3.63) is 59.1 Å². The number of para-hydroxylation sites is 1. The van der Waals surface area contributed by atoms with E-state index in [0.717, 1.165) is 0 Å². The fourth-order valence-corrected chi connectivity index (χ4v) is 1.77. The molecule has 2 N–H and O–H groups in total. The molecule has 2 rings (SSSR count). The number of anilines is 2. The van der Waals surface area contributed by atoms with Crippen molar-refractivity contribution in [1.29, 1.82) is 5.26 Å². The average Bonchev–Trinajstić information content (AvgIpc) is 2.48. The Balaban J connectivity index is 1.92. The fourth-order valence-electron chi connectivity index (χ4n) is 1.65. The van der Waals surface area contributed by atoms with Gasteiger partial charge in [-0.2, -0.15) is 5.26 Å². The molecule has 100 valence electrons. The highest BCUT2D eigenvalue weighted by Crippen LogP contribution is 2.14. The van der Waals surface area contributed by atoms with Crippen molar-refractivity contribution in [3.8, 4) is 6.07 Å². The van der Waals surface area contributed by atoms with Gasteiger partial charge in [-0.25, -0.2) is 0 Å². The van der Waals surface area contributed by atoms with Gasteiger partial charge in [0.15, 0.2) is 0 Å². The molecule has 0 heterocycles. The van der Waals surface area contributed by atoms with E-state index in [-0.39, 0.29) is 12.5 Å². The van der Waals surface area contributed by atoms with Gasteiger partial charge in [0.25, 0.3) is 0 Å². The van der Waals surface area contributed by atoms with Gasteiger partial charge in [0.1, 0.15) is 6.07 Å². The topological polar surface area (TPSA) is 64.9 Å². The fraction of sp³-hybridized carbons (Fsp3) is 0.0667. The van der Waals surface area contributed by atoms with Crippen LogP contribution >= 0.6 is 11.6 Å². The zero-order chi connectivity index (χ0) is 14.4. The monoisotopic (exact) mass is 285 g/mol. The number of rotatable bonds is 4. The number of hydrogen-bond acceptors (Lipinski definition) is 3. The molecular weight excluding hydrogens is 274 g/mol. The van der Waals surface area contributed by atoms with Gasteiger partial charge in [0.2, 0.25) is 5.91 Å². The van der Waals surface area contributed by atoms with Crippen molar-refractivity contribution in [2.45, 2.75) is 0 Å². The molecule has 5 heteroatoms. The molecule has 0 aliphatic carbocycles. The van der Waals surface area contributed by atoms with Crippen LogP contribution in [-0.2, 0) is 4.79 Å². The molecule has 0 radical (unpaired) electrons. The summed E-state index contributed by atoms with van der Waals surface area (Å²) in [5, 5.41) is 15.2. The molecule has 0 aromatic heterocycles. The number of nitrogens with one attached hydrogen (secondary N) is 2. The Hall–Kier alpha value is -2.51. The average molecular weight is 286 g/mol. The van der Waals surface area contributed by atoms with E-state index in [4.69, 9.17) is 16.9 Å². The minimum absolute atomic E-state index is 0.0846. The van der Waals surface area contributed by atoms with E-state index in [0.29, 0.717) is 22.0 Å². The van der Waals surface area contributed by atoms with Gasteiger partial charge in [0, 0.05) is 10.7 Å². The molecule has 0 fully saturated rings. The van der Waals surface area contributed by atoms with Gasteiger partial charge in [-0.15, -0.1) is 0 Å². The van der Waals surface area contributed by atoms with E-state index in [1.165, 1.54) is 0 Å². The maximum absolute atomic E-state index is 11.8. The number of carbonyl (C=O) groups is 1. The molecule has 1 amide bonds. The number of amides is 1. The lowest BCUT2D eigenvalue weighted by Crippen LogP contribution is -2.22. The normalized spacial score (nSPS) is 9.60. The van der Waals surface area contributed by atoms with Gasteiger partial charge >= 0.3 is 0 Å². The van der Waals surface area contributed by atoms with Crippen LogP contribution in [0.3, 0.4) is 0 Å². The quantitative estimate of drug-likeness (QED) is 0.906. The third kappa shape index (κ3) is 3.74. The van der Waals surface area contributed by atoms with Crippen molar-refractivity contribution < 1.29 is 4.79 Å². The molecule has 2 aromatic rings. The van der Waals surface area contributed by atoms with E-state index >= 15 is 0 Å². The highest BCUT2D eigenvalue weighted by atomic mass is 35.5. The largest absolute Gasteiger partial charge is 0.375 e. The summed E-state index contributed by atoms with van der Waals surface area (Å²) in [4.78, 5) is 11.8. The Labute approximate surface area is 122 Å². The number of carbonyl (C=O) groups excluding carboxylic acids is 1. The van der Waals surface area contributed by atoms with Crippen LogP contribution in [0, 0.1) is 11.3 Å². The molecule has 0 spiro atoms. The van der Waals surface area contributed by atoms with Crippen molar-refractivity contribution in [2.24, 2.45) is 0 Å². The summed E-state index contributed by atoms with van der Waals surface area (Å²) in [6.45, 7) is 0.0846. The summed E-state index contributed by atoms with van der Waals surface area (Å²) in [5.41, 5.74) is 1.82. The first kappa shape index (κ1) is 13.9. The highest BCUT2D eigenvalue weighted by Gasteiger charge is 2.04. The van der Waals surface area contributed by atoms with Crippen molar-refractivity contribution >= 4 is 28.9 Å². The second-order valence-electron chi connectivity index (χ2n) is 4.07. The number of halogens is 1. The summed E-state index contributed by atoms with van der Waals surface area (Å²) in [5.74, 6) is -0.194. The lowest BCUT2D eigenvalue weighted by Gasteiger charge is -2.09. The van der Waals surface area contributed by atoms with Crippen molar-refractivity contribution in [1.82, 2.24) is 0 Å². The van der Waals surface area contributed by atoms with Crippen LogP contribution in [0.2, 0.25) is 5.02 Å². The maximum Gasteiger partial charge on any atom is 0.243 e. The van der Waals surface area contributed by atoms with E-state index in [2.05, 4.69) is 16.7 Å². The number of nitrogens with zero attached hydrogens (tertiary/aromatic N) is 1. The number of hydrogen-bond donors (Lipinski definition) is 2.